The molecule has 0 aliphatic heterocycles. The summed E-state index contributed by atoms with van der Waals surface area (Å²) in [5, 5.41) is 22.3. The van der Waals surface area contributed by atoms with E-state index in [1.165, 1.54) is 17.4 Å². The minimum absolute atomic E-state index is 0.161. The average Bonchev–Trinajstić information content (AvgIpc) is 3.19. The maximum absolute atomic E-state index is 13.2. The lowest BCUT2D eigenvalue weighted by atomic mass is 9.62. The number of benzene rings is 1. The number of halogens is 3. The Morgan fingerprint density at radius 2 is 1.86 bits per heavy atom. The Kier molecular flexibility index (Phi) is 5.87. The van der Waals surface area contributed by atoms with Gasteiger partial charge in [-0.2, -0.15) is 13.2 Å². The van der Waals surface area contributed by atoms with E-state index in [1.807, 2.05) is 0 Å². The van der Waals surface area contributed by atoms with E-state index >= 15 is 0 Å². The molecule has 0 atom stereocenters. The van der Waals surface area contributed by atoms with Gasteiger partial charge in [0.2, 0.25) is 0 Å². The van der Waals surface area contributed by atoms with Gasteiger partial charge in [-0.25, -0.2) is 4.79 Å². The van der Waals surface area contributed by atoms with E-state index in [2.05, 4.69) is 10.3 Å². The van der Waals surface area contributed by atoms with Crippen LogP contribution in [-0.2, 0) is 12.1 Å². The summed E-state index contributed by atoms with van der Waals surface area (Å²) < 4.78 is 40.4. The highest BCUT2D eigenvalue weighted by molar-refractivity contribution is 7.23. The lowest BCUT2D eigenvalue weighted by molar-refractivity contribution is -0.141. The summed E-state index contributed by atoms with van der Waals surface area (Å²) >= 11 is 1.27. The van der Waals surface area contributed by atoms with Crippen molar-refractivity contribution in [2.45, 2.75) is 43.6 Å². The minimum Gasteiger partial charge on any atom is -0.465 e. The number of aromatic nitrogens is 2. The van der Waals surface area contributed by atoms with Crippen molar-refractivity contribution in [2.75, 3.05) is 0 Å². The van der Waals surface area contributed by atoms with Crippen molar-refractivity contribution in [2.24, 2.45) is 0 Å². The number of carboxylic acid groups (broad SMARTS) is 1. The summed E-state index contributed by atoms with van der Waals surface area (Å²) in [7, 11) is 0. The number of rotatable bonds is 5. The van der Waals surface area contributed by atoms with Gasteiger partial charge in [-0.3, -0.25) is 9.78 Å². The van der Waals surface area contributed by atoms with Crippen LogP contribution in [0.25, 0.3) is 31.8 Å². The molecule has 37 heavy (non-hydrogen) atoms. The van der Waals surface area contributed by atoms with Crippen LogP contribution in [0.15, 0.2) is 65.7 Å². The van der Waals surface area contributed by atoms with Crippen LogP contribution in [0.3, 0.4) is 0 Å². The lowest BCUT2D eigenvalue weighted by Gasteiger charge is -2.51. The summed E-state index contributed by atoms with van der Waals surface area (Å²) in [6, 6.07) is 13.7. The van der Waals surface area contributed by atoms with E-state index in [-0.39, 0.29) is 18.2 Å². The molecule has 1 aliphatic carbocycles. The molecule has 0 saturated heterocycles. The van der Waals surface area contributed by atoms with E-state index in [9.17, 15) is 33.0 Å². The van der Waals surface area contributed by atoms with Crippen molar-refractivity contribution in [3.8, 4) is 21.7 Å². The fourth-order valence-electron chi connectivity index (χ4n) is 5.18. The predicted molar refractivity (Wildman–Crippen MR) is 134 cm³/mol. The molecule has 0 bridgehead atoms. The first-order chi connectivity index (χ1) is 17.4. The van der Waals surface area contributed by atoms with Crippen LogP contribution in [0.1, 0.15) is 25.3 Å². The fraction of sp³-hybridized carbons (Fsp3) is 0.269. The van der Waals surface area contributed by atoms with Gasteiger partial charge < -0.3 is 20.1 Å². The zero-order chi connectivity index (χ0) is 26.6. The van der Waals surface area contributed by atoms with Crippen molar-refractivity contribution in [1.29, 1.82) is 0 Å². The van der Waals surface area contributed by atoms with Gasteiger partial charge in [-0.1, -0.05) is 30.3 Å². The highest BCUT2D eigenvalue weighted by Gasteiger charge is 2.53. The van der Waals surface area contributed by atoms with Crippen LogP contribution in [-0.4, -0.2) is 37.6 Å². The number of carbonyl (C=O) groups is 1. The Morgan fingerprint density at radius 1 is 1.16 bits per heavy atom. The Bertz CT molecular complexity index is 1540. The van der Waals surface area contributed by atoms with Crippen molar-refractivity contribution < 1.29 is 28.2 Å². The molecule has 3 aromatic heterocycles. The standard InChI is InChI=1S/C26H22F3N3O4S/c1-24(36)12-25(13-24,31-23(34)35)16-7-5-15(6-8-16)21-19(17-4-2-3-10-30-17)20-18(37-21)9-11-32(22(20)33)14-26(27,28)29/h2-11,31,36H,12-14H2,1H3,(H,34,35)/t24-,25+. The van der Waals surface area contributed by atoms with Crippen LogP contribution in [0.4, 0.5) is 18.0 Å². The Labute approximate surface area is 212 Å². The third-order valence-corrected chi connectivity index (χ3v) is 7.70. The molecule has 0 spiro atoms. The molecule has 1 amide bonds. The molecule has 1 fully saturated rings. The van der Waals surface area contributed by atoms with Gasteiger partial charge >= 0.3 is 12.3 Å². The third kappa shape index (κ3) is 4.72. The van der Waals surface area contributed by atoms with Crippen LogP contribution in [0.2, 0.25) is 0 Å². The molecule has 1 aliphatic rings. The zero-order valence-corrected chi connectivity index (χ0v) is 20.4. The van der Waals surface area contributed by atoms with E-state index in [0.29, 0.717) is 36.5 Å². The number of aliphatic hydroxyl groups is 1. The number of nitrogens with one attached hydrogen (secondary N) is 1. The van der Waals surface area contributed by atoms with Gasteiger partial charge in [0.05, 0.1) is 22.2 Å². The first kappa shape index (κ1) is 25.0. The van der Waals surface area contributed by atoms with Gasteiger partial charge in [0, 0.05) is 40.4 Å². The number of amides is 1. The maximum Gasteiger partial charge on any atom is 0.406 e. The topological polar surface area (TPSA) is 104 Å². The smallest absolute Gasteiger partial charge is 0.406 e. The molecule has 7 nitrogen and oxygen atoms in total. The molecule has 1 aromatic carbocycles. The predicted octanol–water partition coefficient (Wildman–Crippen LogP) is 5.36. The van der Waals surface area contributed by atoms with Crippen molar-refractivity contribution in [1.82, 2.24) is 14.9 Å². The molecule has 11 heteroatoms. The molecular weight excluding hydrogens is 507 g/mol. The summed E-state index contributed by atoms with van der Waals surface area (Å²) in [6.07, 6.45) is -2.63. The van der Waals surface area contributed by atoms with Crippen LogP contribution in [0.5, 0.6) is 0 Å². The van der Waals surface area contributed by atoms with Crippen LogP contribution in [0, 0.1) is 0 Å². The number of fused-ring (bicyclic) bond motifs is 1. The van der Waals surface area contributed by atoms with E-state index < -0.39 is 35.5 Å². The molecule has 3 N–H and O–H groups in total. The summed E-state index contributed by atoms with van der Waals surface area (Å²) in [6.45, 7) is 0.247. The summed E-state index contributed by atoms with van der Waals surface area (Å²) in [5.41, 5.74) is -0.398. The average molecular weight is 530 g/mol. The molecule has 3 heterocycles. The zero-order valence-electron chi connectivity index (χ0n) is 19.5. The lowest BCUT2D eigenvalue weighted by Crippen LogP contribution is -2.61. The van der Waals surface area contributed by atoms with Crippen LogP contribution >= 0.6 is 11.3 Å². The number of pyridine rings is 2. The number of alkyl halides is 3. The number of thiophene rings is 1. The Balaban J connectivity index is 1.64. The molecule has 5 rings (SSSR count). The second-order valence-corrected chi connectivity index (χ2v) is 10.6. The second kappa shape index (κ2) is 8.70. The Hall–Kier alpha value is -3.70. The fourth-order valence-corrected chi connectivity index (χ4v) is 6.38. The number of hydrogen-bond acceptors (Lipinski definition) is 5. The number of nitrogens with zero attached hydrogens (tertiary/aromatic N) is 2. The molecule has 4 aromatic rings. The van der Waals surface area contributed by atoms with Crippen molar-refractivity contribution >= 4 is 27.5 Å². The van der Waals surface area contributed by atoms with E-state index in [1.54, 1.807) is 55.6 Å². The molecular formula is C26H22F3N3O4S. The third-order valence-electron chi connectivity index (χ3n) is 6.50. The second-order valence-electron chi connectivity index (χ2n) is 9.56. The van der Waals surface area contributed by atoms with Crippen LogP contribution < -0.4 is 10.9 Å². The quantitative estimate of drug-likeness (QED) is 0.323. The monoisotopic (exact) mass is 529 g/mol. The van der Waals surface area contributed by atoms with Crippen molar-refractivity contribution in [3.63, 3.8) is 0 Å². The first-order valence-electron chi connectivity index (χ1n) is 11.4. The van der Waals surface area contributed by atoms with Crippen molar-refractivity contribution in [3.05, 3.63) is 76.8 Å². The van der Waals surface area contributed by atoms with E-state index in [4.69, 9.17) is 0 Å². The van der Waals surface area contributed by atoms with Gasteiger partial charge in [-0.05, 0) is 36.2 Å². The summed E-state index contributed by atoms with van der Waals surface area (Å²) in [4.78, 5) is 29.6. The van der Waals surface area contributed by atoms with Gasteiger partial charge in [0.1, 0.15) is 6.54 Å². The molecule has 1 saturated carbocycles. The normalized spacial score (nSPS) is 21.5. The van der Waals surface area contributed by atoms with E-state index in [0.717, 1.165) is 6.20 Å². The minimum atomic E-state index is -4.55. The molecule has 0 unspecified atom stereocenters. The SMILES string of the molecule is C[C@]1(O)C[C@](NC(=O)O)(c2ccc(-c3sc4ccn(CC(F)(F)F)c(=O)c4c3-c3ccccn3)cc2)C1. The highest BCUT2D eigenvalue weighted by Crippen LogP contribution is 2.49. The Morgan fingerprint density at radius 3 is 2.43 bits per heavy atom. The maximum atomic E-state index is 13.2. The highest BCUT2D eigenvalue weighted by atomic mass is 32.1. The molecule has 192 valence electrons. The van der Waals surface area contributed by atoms with Gasteiger partial charge in [-0.15, -0.1) is 11.3 Å². The van der Waals surface area contributed by atoms with Gasteiger partial charge in [0.25, 0.3) is 5.56 Å². The largest absolute Gasteiger partial charge is 0.465 e. The molecule has 0 radical (unpaired) electrons. The first-order valence-corrected chi connectivity index (χ1v) is 12.2. The van der Waals surface area contributed by atoms with Gasteiger partial charge in [0.15, 0.2) is 0 Å². The number of hydrogen-bond donors (Lipinski definition) is 3. The summed E-state index contributed by atoms with van der Waals surface area (Å²) in [5.74, 6) is 0.